The number of fused-ring (bicyclic) bond motifs is 2. The van der Waals surface area contributed by atoms with Gasteiger partial charge in [0.05, 0.1) is 22.0 Å². The average Bonchev–Trinajstić information content (AvgIpc) is 3.30. The van der Waals surface area contributed by atoms with Crippen LogP contribution in [0, 0.1) is 0 Å². The highest BCUT2D eigenvalue weighted by molar-refractivity contribution is 8.01. The highest BCUT2D eigenvalue weighted by Gasteiger charge is 2.39. The van der Waals surface area contributed by atoms with Crippen LogP contribution in [-0.4, -0.2) is 32.7 Å². The number of para-hydroxylation sites is 1. The van der Waals surface area contributed by atoms with Gasteiger partial charge in [0.2, 0.25) is 11.0 Å². The Balaban J connectivity index is 1.56. The van der Waals surface area contributed by atoms with Crippen LogP contribution in [0.2, 0.25) is 0 Å². The number of anilines is 1. The van der Waals surface area contributed by atoms with Gasteiger partial charge in [-0.25, -0.2) is 14.7 Å². The highest BCUT2D eigenvalue weighted by Crippen LogP contribution is 2.34. The Morgan fingerprint density at radius 2 is 1.83 bits per heavy atom. The first kappa shape index (κ1) is 18.6. The molecular formula is C20H12N4O4S2. The number of thioether (sulfide) groups is 1. The molecule has 2 amide bonds. The maximum Gasteiger partial charge on any atom is 0.347 e. The van der Waals surface area contributed by atoms with E-state index in [1.165, 1.54) is 35.2 Å². The molecule has 148 valence electrons. The van der Waals surface area contributed by atoms with Crippen LogP contribution in [0.25, 0.3) is 22.4 Å². The molecule has 5 rings (SSSR count). The zero-order chi connectivity index (χ0) is 20.8. The molecule has 30 heavy (non-hydrogen) atoms. The molecule has 0 fully saturated rings. The normalized spacial score (nSPS) is 13.3. The Morgan fingerprint density at radius 3 is 2.67 bits per heavy atom. The number of nitrogens with zero attached hydrogens (tertiary/aromatic N) is 4. The van der Waals surface area contributed by atoms with Gasteiger partial charge in [-0.3, -0.25) is 9.59 Å². The number of hydrogen-bond donors (Lipinski definition) is 0. The average molecular weight is 436 g/mol. The zero-order valence-electron chi connectivity index (χ0n) is 15.5. The maximum absolute atomic E-state index is 13.0. The molecule has 0 N–H and O–H groups in total. The fourth-order valence-electron chi connectivity index (χ4n) is 3.16. The zero-order valence-corrected chi connectivity index (χ0v) is 17.1. The summed E-state index contributed by atoms with van der Waals surface area (Å²) in [7, 11) is 0. The molecule has 4 aromatic rings. The second-order valence-electron chi connectivity index (χ2n) is 6.31. The van der Waals surface area contributed by atoms with E-state index in [4.69, 9.17) is 4.42 Å². The number of imide groups is 1. The molecule has 0 spiro atoms. The van der Waals surface area contributed by atoms with Crippen molar-refractivity contribution in [2.75, 3.05) is 10.7 Å². The van der Waals surface area contributed by atoms with Crippen molar-refractivity contribution >= 4 is 50.9 Å². The van der Waals surface area contributed by atoms with E-state index in [2.05, 4.69) is 15.2 Å². The largest absolute Gasteiger partial charge is 0.403 e. The molecule has 2 aromatic carbocycles. The van der Waals surface area contributed by atoms with Crippen molar-refractivity contribution in [3.05, 3.63) is 64.0 Å². The summed E-state index contributed by atoms with van der Waals surface area (Å²) in [4.78, 5) is 43.4. The molecular weight excluding hydrogens is 424 g/mol. The molecule has 8 nitrogen and oxygen atoms in total. The van der Waals surface area contributed by atoms with Crippen molar-refractivity contribution in [3.8, 4) is 11.5 Å². The molecule has 0 bridgehead atoms. The SMILES string of the molecule is CCSc1nnc(N2C(=O)c3ccc(-c4nc5ccccc5c(=O)o4)cc3C2=O)s1. The molecule has 0 saturated heterocycles. The number of carbonyl (C=O) groups is 2. The molecule has 1 aliphatic heterocycles. The van der Waals surface area contributed by atoms with Gasteiger partial charge < -0.3 is 4.42 Å². The Hall–Kier alpha value is -3.37. The minimum atomic E-state index is -0.519. The van der Waals surface area contributed by atoms with Gasteiger partial charge in [-0.05, 0) is 36.1 Å². The Morgan fingerprint density at radius 1 is 1.03 bits per heavy atom. The summed E-state index contributed by atoms with van der Waals surface area (Å²) in [5, 5.41) is 8.60. The summed E-state index contributed by atoms with van der Waals surface area (Å²) in [6.07, 6.45) is 0. The summed E-state index contributed by atoms with van der Waals surface area (Å²) in [6.45, 7) is 1.98. The van der Waals surface area contributed by atoms with Gasteiger partial charge in [-0.2, -0.15) is 0 Å². The molecule has 0 unspecified atom stereocenters. The second kappa shape index (κ2) is 7.15. The van der Waals surface area contributed by atoms with Gasteiger partial charge in [0.15, 0.2) is 4.34 Å². The number of amides is 2. The third-order valence-corrected chi connectivity index (χ3v) is 6.45. The Labute approximate surface area is 177 Å². The van der Waals surface area contributed by atoms with Crippen molar-refractivity contribution in [1.29, 1.82) is 0 Å². The van der Waals surface area contributed by atoms with E-state index in [1.807, 2.05) is 6.92 Å². The van der Waals surface area contributed by atoms with E-state index in [0.29, 0.717) is 20.8 Å². The fourth-order valence-corrected chi connectivity index (χ4v) is 4.90. The standard InChI is InChI=1S/C20H12N4O4S2/c1-2-29-20-23-22-19(30-20)24-16(25)11-8-7-10(9-13(11)17(24)26)15-21-14-6-4-3-5-12(14)18(27)28-15/h3-9H,2H2,1H3. The maximum atomic E-state index is 13.0. The van der Waals surface area contributed by atoms with Gasteiger partial charge in [0.25, 0.3) is 11.8 Å². The fraction of sp³-hybridized carbons (Fsp3) is 0.100. The van der Waals surface area contributed by atoms with E-state index in [1.54, 1.807) is 30.3 Å². The molecule has 0 aliphatic carbocycles. The lowest BCUT2D eigenvalue weighted by Crippen LogP contribution is -2.29. The van der Waals surface area contributed by atoms with E-state index in [9.17, 15) is 14.4 Å². The molecule has 2 aromatic heterocycles. The first-order chi connectivity index (χ1) is 14.6. The second-order valence-corrected chi connectivity index (χ2v) is 8.78. The molecule has 0 radical (unpaired) electrons. The first-order valence-corrected chi connectivity index (χ1v) is 10.8. The van der Waals surface area contributed by atoms with E-state index in [0.717, 1.165) is 10.7 Å². The quantitative estimate of drug-likeness (QED) is 0.271. The van der Waals surface area contributed by atoms with Gasteiger partial charge >= 0.3 is 5.63 Å². The summed E-state index contributed by atoms with van der Waals surface area (Å²) in [5.41, 5.74) is 0.860. The smallest absolute Gasteiger partial charge is 0.347 e. The third-order valence-electron chi connectivity index (χ3n) is 4.52. The molecule has 0 saturated carbocycles. The number of rotatable bonds is 4. The predicted molar refractivity (Wildman–Crippen MR) is 113 cm³/mol. The van der Waals surface area contributed by atoms with Crippen LogP contribution in [0.4, 0.5) is 5.13 Å². The van der Waals surface area contributed by atoms with E-state index in [-0.39, 0.29) is 22.1 Å². The number of carbonyl (C=O) groups excluding carboxylic acids is 2. The van der Waals surface area contributed by atoms with Crippen LogP contribution >= 0.6 is 23.1 Å². The third kappa shape index (κ3) is 2.92. The number of aromatic nitrogens is 3. The minimum Gasteiger partial charge on any atom is -0.403 e. The van der Waals surface area contributed by atoms with Crippen LogP contribution in [0.3, 0.4) is 0 Å². The van der Waals surface area contributed by atoms with Crippen LogP contribution in [-0.2, 0) is 0 Å². The Bertz CT molecular complexity index is 1400. The summed E-state index contributed by atoms with van der Waals surface area (Å²) >= 11 is 2.68. The van der Waals surface area contributed by atoms with E-state index < -0.39 is 17.4 Å². The van der Waals surface area contributed by atoms with Crippen LogP contribution in [0.1, 0.15) is 27.6 Å². The van der Waals surface area contributed by atoms with Crippen molar-refractivity contribution < 1.29 is 14.0 Å². The Kier molecular flexibility index (Phi) is 4.44. The van der Waals surface area contributed by atoms with Crippen molar-refractivity contribution in [1.82, 2.24) is 15.2 Å². The number of hydrogen-bond acceptors (Lipinski definition) is 9. The minimum absolute atomic E-state index is 0.0812. The summed E-state index contributed by atoms with van der Waals surface area (Å²) < 4.78 is 6.03. The predicted octanol–water partition coefficient (Wildman–Crippen LogP) is 3.62. The van der Waals surface area contributed by atoms with Crippen molar-refractivity contribution in [2.45, 2.75) is 11.3 Å². The topological polar surface area (TPSA) is 106 Å². The monoisotopic (exact) mass is 436 g/mol. The van der Waals surface area contributed by atoms with Crippen LogP contribution in [0.15, 0.2) is 56.0 Å². The molecule has 1 aliphatic rings. The van der Waals surface area contributed by atoms with Crippen molar-refractivity contribution in [3.63, 3.8) is 0 Å². The lowest BCUT2D eigenvalue weighted by molar-refractivity contribution is 0.0926. The van der Waals surface area contributed by atoms with Gasteiger partial charge in [0, 0.05) is 5.56 Å². The van der Waals surface area contributed by atoms with Gasteiger partial charge in [-0.1, -0.05) is 42.2 Å². The lowest BCUT2D eigenvalue weighted by Gasteiger charge is -2.07. The van der Waals surface area contributed by atoms with Crippen LogP contribution < -0.4 is 10.5 Å². The number of benzene rings is 2. The lowest BCUT2D eigenvalue weighted by atomic mass is 10.1. The van der Waals surface area contributed by atoms with Gasteiger partial charge in [0.1, 0.15) is 0 Å². The van der Waals surface area contributed by atoms with Crippen molar-refractivity contribution in [2.24, 2.45) is 0 Å². The van der Waals surface area contributed by atoms with Gasteiger partial charge in [-0.15, -0.1) is 10.2 Å². The first-order valence-electron chi connectivity index (χ1n) is 8.96. The van der Waals surface area contributed by atoms with E-state index >= 15 is 0 Å². The van der Waals surface area contributed by atoms with Crippen LogP contribution in [0.5, 0.6) is 0 Å². The highest BCUT2D eigenvalue weighted by atomic mass is 32.2. The molecule has 0 atom stereocenters. The summed E-state index contributed by atoms with van der Waals surface area (Å²) in [5.74, 6) is -0.0648. The summed E-state index contributed by atoms with van der Waals surface area (Å²) in [6, 6.07) is 11.5. The molecule has 3 heterocycles. The molecule has 10 heteroatoms.